The number of fused-ring (bicyclic) bond motifs is 1. The highest BCUT2D eigenvalue weighted by atomic mass is 35.5. The molecule has 0 aromatic heterocycles. The SMILES string of the molecule is CCCN1C(SCC(=O)NCc2ccccc2Cl)=NS(=O)(=O)c2ccccc21. The Morgan fingerprint density at radius 2 is 1.89 bits per heavy atom. The lowest BCUT2D eigenvalue weighted by atomic mass is 10.2. The summed E-state index contributed by atoms with van der Waals surface area (Å²) in [7, 11) is -3.77. The number of nitrogens with one attached hydrogen (secondary N) is 1. The van der Waals surface area contributed by atoms with E-state index in [1.165, 1.54) is 0 Å². The van der Waals surface area contributed by atoms with Gasteiger partial charge >= 0.3 is 0 Å². The standard InChI is InChI=1S/C19H20ClN3O3S2/c1-2-11-23-16-9-5-6-10-17(16)28(25,26)22-19(23)27-13-18(24)21-12-14-7-3-4-8-15(14)20/h3-10H,2,11-13H2,1H3,(H,21,24). The number of amidine groups is 1. The Balaban J connectivity index is 1.69. The topological polar surface area (TPSA) is 78.8 Å². The van der Waals surface area contributed by atoms with Crippen LogP contribution in [-0.2, 0) is 21.4 Å². The summed E-state index contributed by atoms with van der Waals surface area (Å²) in [6.45, 7) is 2.93. The predicted molar refractivity (Wildman–Crippen MR) is 114 cm³/mol. The first kappa shape index (κ1) is 20.7. The summed E-state index contributed by atoms with van der Waals surface area (Å²) >= 11 is 7.20. The van der Waals surface area contributed by atoms with E-state index < -0.39 is 10.0 Å². The normalized spacial score (nSPS) is 14.9. The molecule has 0 spiro atoms. The van der Waals surface area contributed by atoms with Crippen LogP contribution in [0.25, 0.3) is 0 Å². The lowest BCUT2D eigenvalue weighted by molar-refractivity contribution is -0.118. The highest BCUT2D eigenvalue weighted by Crippen LogP contribution is 2.34. The molecule has 2 aromatic rings. The number of carbonyl (C=O) groups is 1. The second kappa shape index (κ2) is 8.98. The van der Waals surface area contributed by atoms with Crippen molar-refractivity contribution < 1.29 is 13.2 Å². The first-order valence-electron chi connectivity index (χ1n) is 8.77. The summed E-state index contributed by atoms with van der Waals surface area (Å²) in [6.07, 6.45) is 0.812. The van der Waals surface area contributed by atoms with Crippen molar-refractivity contribution in [2.45, 2.75) is 24.8 Å². The van der Waals surface area contributed by atoms with E-state index in [4.69, 9.17) is 11.6 Å². The van der Waals surface area contributed by atoms with Crippen molar-refractivity contribution in [2.75, 3.05) is 17.2 Å². The van der Waals surface area contributed by atoms with Crippen molar-refractivity contribution in [3.8, 4) is 0 Å². The average molecular weight is 438 g/mol. The van der Waals surface area contributed by atoms with Gasteiger partial charge in [0, 0.05) is 18.1 Å². The minimum atomic E-state index is -3.77. The Labute approximate surface area is 174 Å². The molecule has 28 heavy (non-hydrogen) atoms. The number of anilines is 1. The highest BCUT2D eigenvalue weighted by molar-refractivity contribution is 8.15. The van der Waals surface area contributed by atoms with Crippen molar-refractivity contribution >= 4 is 50.1 Å². The van der Waals surface area contributed by atoms with Crippen molar-refractivity contribution in [1.82, 2.24) is 5.32 Å². The predicted octanol–water partition coefficient (Wildman–Crippen LogP) is 3.66. The molecule has 2 aromatic carbocycles. The van der Waals surface area contributed by atoms with Crippen LogP contribution in [-0.4, -0.2) is 31.8 Å². The van der Waals surface area contributed by atoms with E-state index in [2.05, 4.69) is 9.71 Å². The minimum absolute atomic E-state index is 0.0567. The molecule has 0 radical (unpaired) electrons. The molecular weight excluding hydrogens is 418 g/mol. The summed E-state index contributed by atoms with van der Waals surface area (Å²) in [5.41, 5.74) is 1.42. The van der Waals surface area contributed by atoms with Gasteiger partial charge in [-0.2, -0.15) is 8.42 Å². The highest BCUT2D eigenvalue weighted by Gasteiger charge is 2.30. The average Bonchev–Trinajstić information content (AvgIpc) is 2.68. The van der Waals surface area contributed by atoms with E-state index in [0.29, 0.717) is 29.0 Å². The van der Waals surface area contributed by atoms with Crippen LogP contribution in [0.3, 0.4) is 0 Å². The van der Waals surface area contributed by atoms with E-state index in [9.17, 15) is 13.2 Å². The number of hydrogen-bond acceptors (Lipinski definition) is 5. The number of carbonyl (C=O) groups excluding carboxylic acids is 1. The fraction of sp³-hybridized carbons (Fsp3) is 0.263. The number of nitrogens with zero attached hydrogens (tertiary/aromatic N) is 2. The van der Waals surface area contributed by atoms with Crippen molar-refractivity contribution in [3.05, 3.63) is 59.1 Å². The molecule has 0 bridgehead atoms. The molecule has 1 heterocycles. The van der Waals surface area contributed by atoms with Gasteiger partial charge in [0.25, 0.3) is 10.0 Å². The molecule has 148 valence electrons. The van der Waals surface area contributed by atoms with Crippen LogP contribution in [0, 0.1) is 0 Å². The maximum Gasteiger partial charge on any atom is 0.286 e. The smallest absolute Gasteiger partial charge is 0.286 e. The molecule has 1 N–H and O–H groups in total. The molecule has 0 atom stereocenters. The van der Waals surface area contributed by atoms with E-state index in [0.717, 1.165) is 23.7 Å². The Bertz CT molecular complexity index is 1010. The first-order valence-corrected chi connectivity index (χ1v) is 11.6. The fourth-order valence-electron chi connectivity index (χ4n) is 2.76. The monoisotopic (exact) mass is 437 g/mol. The summed E-state index contributed by atoms with van der Waals surface area (Å²) in [5.74, 6) is -0.165. The second-order valence-corrected chi connectivity index (χ2v) is 9.05. The van der Waals surface area contributed by atoms with Crippen LogP contribution in [0.5, 0.6) is 0 Å². The summed E-state index contributed by atoms with van der Waals surface area (Å²) in [5, 5.41) is 3.70. The number of hydrogen-bond donors (Lipinski definition) is 1. The zero-order valence-electron chi connectivity index (χ0n) is 15.3. The van der Waals surface area contributed by atoms with Gasteiger partial charge in [0.05, 0.1) is 11.4 Å². The van der Waals surface area contributed by atoms with Gasteiger partial charge in [-0.15, -0.1) is 4.40 Å². The van der Waals surface area contributed by atoms with Gasteiger partial charge in [-0.1, -0.05) is 60.6 Å². The number of rotatable bonds is 6. The minimum Gasteiger partial charge on any atom is -0.351 e. The van der Waals surface area contributed by atoms with Crippen LogP contribution in [0.2, 0.25) is 5.02 Å². The molecule has 6 nitrogen and oxygen atoms in total. The largest absolute Gasteiger partial charge is 0.351 e. The van der Waals surface area contributed by atoms with Crippen LogP contribution >= 0.6 is 23.4 Å². The third-order valence-electron chi connectivity index (χ3n) is 4.08. The molecule has 0 aliphatic carbocycles. The second-order valence-electron chi connectivity index (χ2n) is 6.13. The van der Waals surface area contributed by atoms with Gasteiger partial charge in [-0.3, -0.25) is 4.79 Å². The number of para-hydroxylation sites is 1. The molecule has 1 aliphatic heterocycles. The Morgan fingerprint density at radius 1 is 1.18 bits per heavy atom. The zero-order chi connectivity index (χ0) is 20.1. The summed E-state index contributed by atoms with van der Waals surface area (Å²) in [6, 6.07) is 14.1. The van der Waals surface area contributed by atoms with Crippen LogP contribution in [0.15, 0.2) is 57.8 Å². The van der Waals surface area contributed by atoms with Gasteiger partial charge in [0.2, 0.25) is 5.91 Å². The lowest BCUT2D eigenvalue weighted by Crippen LogP contribution is -2.36. The number of halogens is 1. The molecule has 0 unspecified atom stereocenters. The molecule has 0 saturated heterocycles. The van der Waals surface area contributed by atoms with Crippen molar-refractivity contribution in [3.63, 3.8) is 0 Å². The Kier molecular flexibility index (Phi) is 6.64. The molecule has 3 rings (SSSR count). The van der Waals surface area contributed by atoms with Gasteiger partial charge in [0.15, 0.2) is 5.17 Å². The van der Waals surface area contributed by atoms with Gasteiger partial charge < -0.3 is 10.2 Å². The van der Waals surface area contributed by atoms with Crippen molar-refractivity contribution in [1.29, 1.82) is 0 Å². The third kappa shape index (κ3) is 4.68. The Morgan fingerprint density at radius 3 is 2.64 bits per heavy atom. The molecule has 0 fully saturated rings. The van der Waals surface area contributed by atoms with E-state index in [1.54, 1.807) is 30.3 Å². The van der Waals surface area contributed by atoms with Crippen molar-refractivity contribution in [2.24, 2.45) is 4.40 Å². The zero-order valence-corrected chi connectivity index (χ0v) is 17.6. The fourth-order valence-corrected chi connectivity index (χ4v) is 5.27. The van der Waals surface area contributed by atoms with Gasteiger partial charge in [0.1, 0.15) is 4.90 Å². The number of amides is 1. The van der Waals surface area contributed by atoms with Crippen LogP contribution in [0.4, 0.5) is 5.69 Å². The van der Waals surface area contributed by atoms with E-state index in [-0.39, 0.29) is 16.6 Å². The van der Waals surface area contributed by atoms with Gasteiger partial charge in [-0.25, -0.2) is 0 Å². The number of sulfonamides is 1. The van der Waals surface area contributed by atoms with E-state index in [1.807, 2.05) is 30.0 Å². The Hall–Kier alpha value is -2.03. The van der Waals surface area contributed by atoms with Gasteiger partial charge in [-0.05, 0) is 30.2 Å². The molecule has 0 saturated carbocycles. The summed E-state index contributed by atoms with van der Waals surface area (Å²) in [4.78, 5) is 14.3. The van der Waals surface area contributed by atoms with Crippen LogP contribution < -0.4 is 10.2 Å². The number of thioether (sulfide) groups is 1. The van der Waals surface area contributed by atoms with Crippen LogP contribution in [0.1, 0.15) is 18.9 Å². The molecule has 1 amide bonds. The number of benzene rings is 2. The quantitative estimate of drug-likeness (QED) is 0.745. The maximum atomic E-state index is 12.5. The lowest BCUT2D eigenvalue weighted by Gasteiger charge is -2.29. The molecule has 9 heteroatoms. The molecular formula is C19H20ClN3O3S2. The third-order valence-corrected chi connectivity index (χ3v) is 6.85. The molecule has 1 aliphatic rings. The maximum absolute atomic E-state index is 12.5. The summed E-state index contributed by atoms with van der Waals surface area (Å²) < 4.78 is 28.9. The first-order chi connectivity index (χ1) is 13.4. The van der Waals surface area contributed by atoms with E-state index >= 15 is 0 Å².